The summed E-state index contributed by atoms with van der Waals surface area (Å²) in [6.45, 7) is 2.49. The van der Waals surface area contributed by atoms with Crippen LogP contribution in [0, 0.1) is 5.41 Å². The molecule has 1 aliphatic rings. The van der Waals surface area contributed by atoms with Gasteiger partial charge in [0, 0.05) is 17.8 Å². The fourth-order valence-electron chi connectivity index (χ4n) is 3.49. The fraction of sp³-hybridized carbons (Fsp3) is 0.632. The lowest BCUT2D eigenvalue weighted by atomic mass is 9.71. The summed E-state index contributed by atoms with van der Waals surface area (Å²) in [7, 11) is -3.31. The Morgan fingerprint density at radius 3 is 2.31 bits per heavy atom. The largest absolute Gasteiger partial charge is 0.330 e. The highest BCUT2D eigenvalue weighted by Gasteiger charge is 2.32. The second-order valence-electron chi connectivity index (χ2n) is 7.34. The number of nitrogens with two attached hydrogens (primary N) is 1. The summed E-state index contributed by atoms with van der Waals surface area (Å²) >= 11 is 0. The Kier molecular flexibility index (Phi) is 7.46. The smallest absolute Gasteiger partial charge is 0.232 e. The van der Waals surface area contributed by atoms with Crippen molar-refractivity contribution in [2.24, 2.45) is 11.1 Å². The van der Waals surface area contributed by atoms with Crippen LogP contribution >= 0.6 is 0 Å². The minimum absolute atomic E-state index is 0.0337. The zero-order valence-electron chi connectivity index (χ0n) is 15.6. The summed E-state index contributed by atoms with van der Waals surface area (Å²) in [4.78, 5) is 12.4. The number of sulfonamides is 1. The van der Waals surface area contributed by atoms with Crippen LogP contribution in [0.4, 0.5) is 11.4 Å². The van der Waals surface area contributed by atoms with Gasteiger partial charge in [0.15, 0.2) is 0 Å². The number of nitrogens with one attached hydrogen (secondary N) is 2. The predicted molar refractivity (Wildman–Crippen MR) is 107 cm³/mol. The van der Waals surface area contributed by atoms with E-state index in [1.165, 1.54) is 6.42 Å². The quantitative estimate of drug-likeness (QED) is 0.609. The Morgan fingerprint density at radius 1 is 1.12 bits per heavy atom. The molecule has 26 heavy (non-hydrogen) atoms. The molecule has 7 heteroatoms. The fourth-order valence-corrected chi connectivity index (χ4v) is 4.75. The third-order valence-corrected chi connectivity index (χ3v) is 6.46. The number of carbonyl (C=O) groups excluding carboxylic acids is 1. The lowest BCUT2D eigenvalue weighted by molar-refractivity contribution is -0.118. The van der Waals surface area contributed by atoms with E-state index in [4.69, 9.17) is 5.73 Å². The highest BCUT2D eigenvalue weighted by Crippen LogP contribution is 2.38. The van der Waals surface area contributed by atoms with Crippen molar-refractivity contribution in [3.05, 3.63) is 24.3 Å². The Morgan fingerprint density at radius 2 is 1.73 bits per heavy atom. The molecule has 1 amide bonds. The number of hydrogen-bond acceptors (Lipinski definition) is 4. The summed E-state index contributed by atoms with van der Waals surface area (Å²) < 4.78 is 26.4. The van der Waals surface area contributed by atoms with Gasteiger partial charge in [-0.1, -0.05) is 32.6 Å². The van der Waals surface area contributed by atoms with E-state index in [1.807, 2.05) is 6.92 Å². The van der Waals surface area contributed by atoms with Crippen LogP contribution in [0.15, 0.2) is 24.3 Å². The van der Waals surface area contributed by atoms with Crippen molar-refractivity contribution in [1.82, 2.24) is 0 Å². The second kappa shape index (κ2) is 9.37. The standard InChI is InChI=1S/C19H31N3O3S/c1-2-3-13-26(24,25)22-17-9-7-16(8-10-17)21-18(23)14-19(15-20)11-5-4-6-12-19/h7-10,22H,2-6,11-15,20H2,1H3,(H,21,23). The van der Waals surface area contributed by atoms with Crippen LogP contribution in [0.3, 0.4) is 0 Å². The first-order chi connectivity index (χ1) is 12.4. The van der Waals surface area contributed by atoms with Crippen molar-refractivity contribution < 1.29 is 13.2 Å². The Hall–Kier alpha value is -1.60. The van der Waals surface area contributed by atoms with Gasteiger partial charge in [0.05, 0.1) is 5.75 Å². The third kappa shape index (κ3) is 6.29. The molecule has 0 unspecified atom stereocenters. The number of benzene rings is 1. The van der Waals surface area contributed by atoms with Crippen molar-refractivity contribution >= 4 is 27.3 Å². The Bertz CT molecular complexity index is 680. The van der Waals surface area contributed by atoms with Gasteiger partial charge in [-0.25, -0.2) is 8.42 Å². The predicted octanol–water partition coefficient (Wildman–Crippen LogP) is 3.47. The van der Waals surface area contributed by atoms with E-state index in [2.05, 4.69) is 10.0 Å². The van der Waals surface area contributed by atoms with Gasteiger partial charge in [0.25, 0.3) is 0 Å². The molecule has 1 aliphatic carbocycles. The van der Waals surface area contributed by atoms with Gasteiger partial charge >= 0.3 is 0 Å². The summed E-state index contributed by atoms with van der Waals surface area (Å²) in [5.41, 5.74) is 7.04. The molecule has 1 aromatic carbocycles. The molecule has 146 valence electrons. The molecule has 1 fully saturated rings. The maximum Gasteiger partial charge on any atom is 0.232 e. The highest BCUT2D eigenvalue weighted by atomic mass is 32.2. The molecule has 0 aromatic heterocycles. The molecule has 2 rings (SSSR count). The zero-order chi connectivity index (χ0) is 19.0. The minimum atomic E-state index is -3.31. The van der Waals surface area contributed by atoms with Crippen LogP contribution in [0.25, 0.3) is 0 Å². The van der Waals surface area contributed by atoms with Gasteiger partial charge in [-0.05, 0) is 55.5 Å². The van der Waals surface area contributed by atoms with Gasteiger partial charge in [0.2, 0.25) is 15.9 Å². The van der Waals surface area contributed by atoms with E-state index in [9.17, 15) is 13.2 Å². The first-order valence-corrected chi connectivity index (χ1v) is 11.1. The first-order valence-electron chi connectivity index (χ1n) is 9.48. The van der Waals surface area contributed by atoms with Gasteiger partial charge in [-0.3, -0.25) is 9.52 Å². The maximum absolute atomic E-state index is 12.4. The maximum atomic E-state index is 12.4. The molecule has 0 aliphatic heterocycles. The summed E-state index contributed by atoms with van der Waals surface area (Å²) in [6.07, 6.45) is 7.41. The lowest BCUT2D eigenvalue weighted by Gasteiger charge is -2.35. The summed E-state index contributed by atoms with van der Waals surface area (Å²) in [5, 5.41) is 2.90. The highest BCUT2D eigenvalue weighted by molar-refractivity contribution is 7.92. The summed E-state index contributed by atoms with van der Waals surface area (Å²) in [6, 6.07) is 6.76. The van der Waals surface area contributed by atoms with Crippen molar-refractivity contribution in [1.29, 1.82) is 0 Å². The normalized spacial score (nSPS) is 16.8. The van der Waals surface area contributed by atoms with Crippen LogP contribution in [-0.4, -0.2) is 26.6 Å². The van der Waals surface area contributed by atoms with Gasteiger partial charge in [-0.2, -0.15) is 0 Å². The SMILES string of the molecule is CCCCS(=O)(=O)Nc1ccc(NC(=O)CC2(CN)CCCCC2)cc1. The van der Waals surface area contributed by atoms with E-state index >= 15 is 0 Å². The molecule has 0 spiro atoms. The molecule has 0 bridgehead atoms. The average molecular weight is 382 g/mol. The molecule has 1 saturated carbocycles. The molecule has 0 atom stereocenters. The average Bonchev–Trinajstić information content (AvgIpc) is 2.62. The number of amides is 1. The second-order valence-corrected chi connectivity index (χ2v) is 9.18. The number of anilines is 2. The molecule has 0 radical (unpaired) electrons. The van der Waals surface area contributed by atoms with Crippen molar-refractivity contribution in [2.75, 3.05) is 22.3 Å². The summed E-state index contributed by atoms with van der Waals surface area (Å²) in [5.74, 6) is 0.0806. The minimum Gasteiger partial charge on any atom is -0.330 e. The first kappa shape index (κ1) is 20.7. The van der Waals surface area contributed by atoms with E-state index in [-0.39, 0.29) is 17.1 Å². The third-order valence-electron chi connectivity index (χ3n) is 5.09. The zero-order valence-corrected chi connectivity index (χ0v) is 16.4. The number of unbranched alkanes of at least 4 members (excludes halogenated alkanes) is 1. The number of hydrogen-bond donors (Lipinski definition) is 3. The molecule has 0 saturated heterocycles. The van der Waals surface area contributed by atoms with Gasteiger partial charge < -0.3 is 11.1 Å². The number of rotatable bonds is 9. The van der Waals surface area contributed by atoms with Crippen molar-refractivity contribution in [2.45, 2.75) is 58.3 Å². The molecule has 1 aromatic rings. The van der Waals surface area contributed by atoms with Gasteiger partial charge in [-0.15, -0.1) is 0 Å². The van der Waals surface area contributed by atoms with E-state index in [0.29, 0.717) is 30.8 Å². The molecular formula is C19H31N3O3S. The van der Waals surface area contributed by atoms with E-state index in [0.717, 1.165) is 32.1 Å². The topological polar surface area (TPSA) is 101 Å². The van der Waals surface area contributed by atoms with Crippen LogP contribution in [-0.2, 0) is 14.8 Å². The Balaban J connectivity index is 1.91. The monoisotopic (exact) mass is 381 g/mol. The van der Waals surface area contributed by atoms with E-state index < -0.39 is 10.0 Å². The van der Waals surface area contributed by atoms with E-state index in [1.54, 1.807) is 24.3 Å². The molecular weight excluding hydrogens is 350 g/mol. The lowest BCUT2D eigenvalue weighted by Crippen LogP contribution is -2.36. The van der Waals surface area contributed by atoms with Gasteiger partial charge in [0.1, 0.15) is 0 Å². The molecule has 6 nitrogen and oxygen atoms in total. The number of carbonyl (C=O) groups is 1. The van der Waals surface area contributed by atoms with Crippen molar-refractivity contribution in [3.63, 3.8) is 0 Å². The van der Waals surface area contributed by atoms with Crippen LogP contribution in [0.2, 0.25) is 0 Å². The molecule has 0 heterocycles. The van der Waals surface area contributed by atoms with Crippen LogP contribution in [0.5, 0.6) is 0 Å². The van der Waals surface area contributed by atoms with Crippen LogP contribution in [0.1, 0.15) is 58.3 Å². The Labute approximate surface area is 157 Å². The molecule has 4 N–H and O–H groups in total. The van der Waals surface area contributed by atoms with Crippen molar-refractivity contribution in [3.8, 4) is 0 Å². The van der Waals surface area contributed by atoms with Crippen LogP contribution < -0.4 is 15.8 Å².